The van der Waals surface area contributed by atoms with Gasteiger partial charge in [0, 0.05) is 12.8 Å². The minimum atomic E-state index is 0.0659. The van der Waals surface area contributed by atoms with Gasteiger partial charge in [-0.1, -0.05) is 6.42 Å². The lowest BCUT2D eigenvalue weighted by atomic mass is 10.00. The van der Waals surface area contributed by atoms with Crippen LogP contribution in [0.5, 0.6) is 0 Å². The van der Waals surface area contributed by atoms with Crippen LogP contribution in [0.15, 0.2) is 0 Å². The Balaban J connectivity index is 1.95. The number of ether oxygens (including phenoxy) is 1. The van der Waals surface area contributed by atoms with Crippen molar-refractivity contribution in [1.82, 2.24) is 5.32 Å². The summed E-state index contributed by atoms with van der Waals surface area (Å²) in [5, 5.41) is 2.95. The van der Waals surface area contributed by atoms with Crippen molar-refractivity contribution in [3.63, 3.8) is 0 Å². The molecule has 1 aliphatic heterocycles. The Kier molecular flexibility index (Phi) is 2.05. The predicted molar refractivity (Wildman–Crippen MR) is 44.7 cm³/mol. The van der Waals surface area contributed by atoms with Gasteiger partial charge in [-0.3, -0.25) is 4.79 Å². The summed E-state index contributed by atoms with van der Waals surface area (Å²) in [7, 11) is 0. The number of hydrogen-bond acceptors (Lipinski definition) is 2. The van der Waals surface area contributed by atoms with Gasteiger partial charge in [-0.25, -0.2) is 0 Å². The molecule has 1 heterocycles. The van der Waals surface area contributed by atoms with Crippen molar-refractivity contribution in [3.8, 4) is 0 Å². The lowest BCUT2D eigenvalue weighted by Crippen LogP contribution is -2.38. The van der Waals surface area contributed by atoms with Gasteiger partial charge in [-0.15, -0.1) is 0 Å². The van der Waals surface area contributed by atoms with Gasteiger partial charge in [0.25, 0.3) is 0 Å². The first-order valence-corrected chi connectivity index (χ1v) is 4.66. The number of carbonyl (C=O) groups is 1. The Morgan fingerprint density at radius 1 is 1.50 bits per heavy atom. The maximum atomic E-state index is 10.8. The smallest absolute Gasteiger partial charge is 0.217 e. The van der Waals surface area contributed by atoms with E-state index in [1.165, 1.54) is 19.3 Å². The van der Waals surface area contributed by atoms with E-state index in [0.717, 1.165) is 6.61 Å². The first-order chi connectivity index (χ1) is 5.77. The Hall–Kier alpha value is -0.570. The predicted octanol–water partition coefficient (Wildman–Crippen LogP) is 0.690. The summed E-state index contributed by atoms with van der Waals surface area (Å²) in [6.07, 6.45) is 4.09. The zero-order valence-electron chi connectivity index (χ0n) is 7.38. The van der Waals surface area contributed by atoms with Crippen LogP contribution in [0.3, 0.4) is 0 Å². The molecule has 3 atom stereocenters. The molecule has 0 spiro atoms. The van der Waals surface area contributed by atoms with E-state index >= 15 is 0 Å². The van der Waals surface area contributed by atoms with E-state index in [1.54, 1.807) is 6.92 Å². The molecule has 68 valence electrons. The maximum absolute atomic E-state index is 10.8. The number of nitrogens with one attached hydrogen (secondary N) is 1. The molecule has 1 aliphatic carbocycles. The van der Waals surface area contributed by atoms with E-state index < -0.39 is 0 Å². The van der Waals surface area contributed by atoms with Gasteiger partial charge in [0.05, 0.1) is 18.8 Å². The number of amides is 1. The molecule has 0 radical (unpaired) electrons. The number of hydrogen-bond donors (Lipinski definition) is 1. The van der Waals surface area contributed by atoms with E-state index in [1.807, 2.05) is 0 Å². The minimum Gasteiger partial charge on any atom is -0.376 e. The van der Waals surface area contributed by atoms with E-state index in [0.29, 0.717) is 12.0 Å². The molecule has 0 bridgehead atoms. The average Bonchev–Trinajstić information content (AvgIpc) is 2.52. The largest absolute Gasteiger partial charge is 0.376 e. The second kappa shape index (κ2) is 3.05. The zero-order chi connectivity index (χ0) is 8.55. The Morgan fingerprint density at radius 3 is 3.08 bits per heavy atom. The lowest BCUT2D eigenvalue weighted by Gasteiger charge is -2.16. The highest BCUT2D eigenvalue weighted by atomic mass is 16.5. The summed E-state index contributed by atoms with van der Waals surface area (Å²) in [5.41, 5.74) is 0. The highest BCUT2D eigenvalue weighted by molar-refractivity contribution is 5.73. The van der Waals surface area contributed by atoms with Crippen LogP contribution >= 0.6 is 0 Å². The van der Waals surface area contributed by atoms with E-state index in [-0.39, 0.29) is 11.9 Å². The third kappa shape index (κ3) is 1.33. The molecule has 1 saturated heterocycles. The average molecular weight is 169 g/mol. The van der Waals surface area contributed by atoms with Crippen LogP contribution in [-0.2, 0) is 9.53 Å². The van der Waals surface area contributed by atoms with Crippen LogP contribution < -0.4 is 5.32 Å². The topological polar surface area (TPSA) is 38.3 Å². The molecule has 1 N–H and O–H groups in total. The fourth-order valence-electron chi connectivity index (χ4n) is 2.38. The van der Waals surface area contributed by atoms with Crippen molar-refractivity contribution in [2.24, 2.45) is 5.92 Å². The SMILES string of the molecule is CC(=O)N[C@@H]1CO[C@@H]2CCC[C@H]12. The molecule has 2 aliphatic rings. The maximum Gasteiger partial charge on any atom is 0.217 e. The Labute approximate surface area is 72.5 Å². The summed E-state index contributed by atoms with van der Waals surface area (Å²) in [6.45, 7) is 2.29. The number of carbonyl (C=O) groups excluding carboxylic acids is 1. The van der Waals surface area contributed by atoms with Gasteiger partial charge < -0.3 is 10.1 Å². The molecule has 3 heteroatoms. The molecule has 12 heavy (non-hydrogen) atoms. The van der Waals surface area contributed by atoms with Crippen LogP contribution in [0.25, 0.3) is 0 Å². The summed E-state index contributed by atoms with van der Waals surface area (Å²) in [5.74, 6) is 0.657. The van der Waals surface area contributed by atoms with Gasteiger partial charge in [0.2, 0.25) is 5.91 Å². The van der Waals surface area contributed by atoms with Crippen LogP contribution in [0, 0.1) is 5.92 Å². The molecule has 1 amide bonds. The quantitative estimate of drug-likeness (QED) is 0.627. The molecular weight excluding hydrogens is 154 g/mol. The van der Waals surface area contributed by atoms with Gasteiger partial charge in [-0.2, -0.15) is 0 Å². The van der Waals surface area contributed by atoms with Crippen molar-refractivity contribution < 1.29 is 9.53 Å². The Bertz CT molecular complexity index is 193. The zero-order valence-corrected chi connectivity index (χ0v) is 7.38. The summed E-state index contributed by atoms with van der Waals surface area (Å²) in [4.78, 5) is 10.8. The van der Waals surface area contributed by atoms with Crippen LogP contribution in [0.1, 0.15) is 26.2 Å². The highest BCUT2D eigenvalue weighted by Gasteiger charge is 2.40. The van der Waals surface area contributed by atoms with Gasteiger partial charge >= 0.3 is 0 Å². The lowest BCUT2D eigenvalue weighted by molar-refractivity contribution is -0.119. The first kappa shape index (κ1) is 8.05. The molecule has 1 saturated carbocycles. The molecule has 3 nitrogen and oxygen atoms in total. The second-order valence-electron chi connectivity index (χ2n) is 3.77. The Morgan fingerprint density at radius 2 is 2.33 bits per heavy atom. The van der Waals surface area contributed by atoms with Crippen molar-refractivity contribution in [2.45, 2.75) is 38.3 Å². The number of fused-ring (bicyclic) bond motifs is 1. The standard InChI is InChI=1S/C9H15NO2/c1-6(11)10-8-5-12-9-4-2-3-7(8)9/h7-9H,2-5H2,1H3,(H,10,11)/t7-,8-,9-/m1/s1. The number of rotatable bonds is 1. The molecule has 0 aromatic carbocycles. The monoisotopic (exact) mass is 169 g/mol. The third-order valence-electron chi connectivity index (χ3n) is 2.90. The molecule has 0 aromatic rings. The minimum absolute atomic E-state index is 0.0659. The molecular formula is C9H15NO2. The fourth-order valence-corrected chi connectivity index (χ4v) is 2.38. The second-order valence-corrected chi connectivity index (χ2v) is 3.77. The molecule has 0 unspecified atom stereocenters. The summed E-state index contributed by atoms with van der Waals surface area (Å²) < 4.78 is 5.58. The molecule has 2 rings (SSSR count). The van der Waals surface area contributed by atoms with E-state index in [4.69, 9.17) is 4.74 Å². The van der Waals surface area contributed by atoms with E-state index in [2.05, 4.69) is 5.32 Å². The van der Waals surface area contributed by atoms with Gasteiger partial charge in [0.15, 0.2) is 0 Å². The van der Waals surface area contributed by atoms with Crippen molar-refractivity contribution in [3.05, 3.63) is 0 Å². The highest BCUT2D eigenvalue weighted by Crippen LogP contribution is 2.35. The third-order valence-corrected chi connectivity index (χ3v) is 2.90. The van der Waals surface area contributed by atoms with Crippen molar-refractivity contribution in [2.75, 3.05) is 6.61 Å². The summed E-state index contributed by atoms with van der Waals surface area (Å²) >= 11 is 0. The first-order valence-electron chi connectivity index (χ1n) is 4.66. The van der Waals surface area contributed by atoms with Crippen LogP contribution in [0.2, 0.25) is 0 Å². The van der Waals surface area contributed by atoms with Crippen molar-refractivity contribution >= 4 is 5.91 Å². The van der Waals surface area contributed by atoms with E-state index in [9.17, 15) is 4.79 Å². The summed E-state index contributed by atoms with van der Waals surface area (Å²) in [6, 6.07) is 0.287. The van der Waals surface area contributed by atoms with Gasteiger partial charge in [-0.05, 0) is 12.8 Å². The fraction of sp³-hybridized carbons (Fsp3) is 0.889. The van der Waals surface area contributed by atoms with Crippen LogP contribution in [0.4, 0.5) is 0 Å². The van der Waals surface area contributed by atoms with Crippen molar-refractivity contribution in [1.29, 1.82) is 0 Å². The molecule has 2 fully saturated rings. The van der Waals surface area contributed by atoms with Crippen LogP contribution in [-0.4, -0.2) is 24.7 Å². The van der Waals surface area contributed by atoms with Gasteiger partial charge in [0.1, 0.15) is 0 Å². The normalized spacial score (nSPS) is 39.6. The molecule has 0 aromatic heterocycles.